The fourth-order valence-corrected chi connectivity index (χ4v) is 1.68. The molecule has 1 aromatic rings. The summed E-state index contributed by atoms with van der Waals surface area (Å²) in [4.78, 5) is 10.9. The van der Waals surface area contributed by atoms with Crippen LogP contribution in [0.15, 0.2) is 12.1 Å². The van der Waals surface area contributed by atoms with Crippen molar-refractivity contribution in [1.29, 1.82) is 5.26 Å². The van der Waals surface area contributed by atoms with Gasteiger partial charge in [0.2, 0.25) is 0 Å². The highest BCUT2D eigenvalue weighted by Crippen LogP contribution is 2.34. The van der Waals surface area contributed by atoms with Gasteiger partial charge in [-0.1, -0.05) is 0 Å². The second kappa shape index (κ2) is 6.73. The van der Waals surface area contributed by atoms with E-state index in [1.807, 2.05) is 0 Å². The van der Waals surface area contributed by atoms with Crippen molar-refractivity contribution in [1.82, 2.24) is 0 Å². The molecule has 0 saturated carbocycles. The van der Waals surface area contributed by atoms with Gasteiger partial charge in [-0.05, 0) is 12.1 Å². The lowest BCUT2D eigenvalue weighted by Gasteiger charge is -2.19. The van der Waals surface area contributed by atoms with E-state index in [1.54, 1.807) is 6.07 Å². The molecule has 1 aromatic carbocycles. The van der Waals surface area contributed by atoms with Crippen LogP contribution in [-0.2, 0) is 0 Å². The topological polar surface area (TPSA) is 99.8 Å². The number of methoxy groups -OCH3 is 2. The van der Waals surface area contributed by atoms with Crippen molar-refractivity contribution in [2.24, 2.45) is 0 Å². The minimum absolute atomic E-state index is 0.220. The number of aliphatic hydroxyl groups is 2. The molecule has 1 rings (SSSR count). The first-order valence-corrected chi connectivity index (χ1v) is 5.53. The molecule has 6 nitrogen and oxygen atoms in total. The van der Waals surface area contributed by atoms with Gasteiger partial charge in [0.05, 0.1) is 38.4 Å². The minimum atomic E-state index is -1.30. The Hall–Kier alpha value is -2.10. The number of hydrogen-bond donors (Lipinski definition) is 2. The Balaban J connectivity index is 3.25. The van der Waals surface area contributed by atoms with Gasteiger partial charge in [-0.2, -0.15) is 5.26 Å². The molecule has 6 heteroatoms. The lowest BCUT2D eigenvalue weighted by Crippen LogP contribution is -2.18. The van der Waals surface area contributed by atoms with Gasteiger partial charge in [0.15, 0.2) is 6.29 Å². The summed E-state index contributed by atoms with van der Waals surface area (Å²) in [5.41, 5.74) is 0.526. The second-order valence-corrected chi connectivity index (χ2v) is 3.83. The largest absolute Gasteiger partial charge is 0.496 e. The zero-order valence-electron chi connectivity index (χ0n) is 10.7. The minimum Gasteiger partial charge on any atom is -0.496 e. The Kier molecular flexibility index (Phi) is 5.30. The van der Waals surface area contributed by atoms with Gasteiger partial charge in [-0.3, -0.25) is 4.79 Å². The van der Waals surface area contributed by atoms with Crippen LogP contribution in [0, 0.1) is 11.3 Å². The third kappa shape index (κ3) is 3.22. The lowest BCUT2D eigenvalue weighted by molar-refractivity contribution is 0.0201. The Morgan fingerprint density at radius 1 is 1.32 bits per heavy atom. The van der Waals surface area contributed by atoms with Crippen LogP contribution in [-0.4, -0.2) is 36.8 Å². The molecule has 0 aromatic heterocycles. The van der Waals surface area contributed by atoms with Gasteiger partial charge in [0.25, 0.3) is 0 Å². The van der Waals surface area contributed by atoms with E-state index in [4.69, 9.17) is 14.7 Å². The maximum atomic E-state index is 10.9. The zero-order valence-corrected chi connectivity index (χ0v) is 10.7. The normalized spacial score (nSPS) is 13.2. The Morgan fingerprint density at radius 3 is 2.42 bits per heavy atom. The molecule has 0 spiro atoms. The molecule has 2 N–H and O–H groups in total. The quantitative estimate of drug-likeness (QED) is 0.739. The van der Waals surface area contributed by atoms with Crippen LogP contribution in [0.4, 0.5) is 0 Å². The van der Waals surface area contributed by atoms with Gasteiger partial charge in [-0.15, -0.1) is 0 Å². The number of carbonyl (C=O) groups excluding carboxylic acids is 1. The number of aldehydes is 1. The first-order chi connectivity index (χ1) is 9.08. The van der Waals surface area contributed by atoms with Crippen molar-refractivity contribution in [3.05, 3.63) is 23.3 Å². The monoisotopic (exact) mass is 265 g/mol. The van der Waals surface area contributed by atoms with Gasteiger partial charge in [0, 0.05) is 5.56 Å². The van der Waals surface area contributed by atoms with Crippen LogP contribution in [0.25, 0.3) is 0 Å². The number of nitriles is 1. The predicted molar refractivity (Wildman–Crippen MR) is 66.1 cm³/mol. The summed E-state index contributed by atoms with van der Waals surface area (Å²) in [7, 11) is 2.76. The van der Waals surface area contributed by atoms with Crippen LogP contribution in [0.2, 0.25) is 0 Å². The van der Waals surface area contributed by atoms with Crippen LogP contribution in [0.1, 0.15) is 28.4 Å². The maximum absolute atomic E-state index is 10.9. The van der Waals surface area contributed by atoms with Crippen molar-refractivity contribution in [2.75, 3.05) is 14.2 Å². The SMILES string of the molecule is COc1cc(C(O)C(O)CC#N)c(OC)cc1C=O. The molecule has 0 aliphatic rings. The van der Waals surface area contributed by atoms with Gasteiger partial charge in [-0.25, -0.2) is 0 Å². The van der Waals surface area contributed by atoms with Crippen molar-refractivity contribution >= 4 is 6.29 Å². The van der Waals surface area contributed by atoms with Crippen molar-refractivity contribution in [3.8, 4) is 17.6 Å². The number of benzene rings is 1. The Labute approximate surface area is 110 Å². The predicted octanol–water partition coefficient (Wildman–Crippen LogP) is 0.824. The number of ether oxygens (including phenoxy) is 2. The molecule has 0 fully saturated rings. The van der Waals surface area contributed by atoms with Crippen molar-refractivity contribution < 1.29 is 24.5 Å². The van der Waals surface area contributed by atoms with E-state index < -0.39 is 12.2 Å². The van der Waals surface area contributed by atoms with Crippen LogP contribution in [0.3, 0.4) is 0 Å². The lowest BCUT2D eigenvalue weighted by atomic mass is 9.99. The molecule has 102 valence electrons. The standard InChI is InChI=1S/C13H15NO5/c1-18-11-6-9(13(17)10(16)3-4-14)12(19-2)5-8(11)7-15/h5-7,10,13,16-17H,3H2,1-2H3. The smallest absolute Gasteiger partial charge is 0.153 e. The van der Waals surface area contributed by atoms with Gasteiger partial charge >= 0.3 is 0 Å². The second-order valence-electron chi connectivity index (χ2n) is 3.83. The molecule has 0 aliphatic heterocycles. The Bertz CT molecular complexity index is 495. The fraction of sp³-hybridized carbons (Fsp3) is 0.385. The van der Waals surface area contributed by atoms with E-state index in [9.17, 15) is 15.0 Å². The highest BCUT2D eigenvalue weighted by molar-refractivity contribution is 5.80. The molecular formula is C13H15NO5. The van der Waals surface area contributed by atoms with E-state index in [0.29, 0.717) is 6.29 Å². The van der Waals surface area contributed by atoms with E-state index in [0.717, 1.165) is 0 Å². The third-order valence-electron chi connectivity index (χ3n) is 2.69. The average molecular weight is 265 g/mol. The van der Waals surface area contributed by atoms with Gasteiger partial charge < -0.3 is 19.7 Å². The van der Waals surface area contributed by atoms with Crippen molar-refractivity contribution in [2.45, 2.75) is 18.6 Å². The van der Waals surface area contributed by atoms with Crippen LogP contribution >= 0.6 is 0 Å². The molecule has 0 aliphatic carbocycles. The molecule has 2 unspecified atom stereocenters. The van der Waals surface area contributed by atoms with E-state index in [2.05, 4.69) is 0 Å². The number of rotatable bonds is 6. The first kappa shape index (κ1) is 15.0. The molecule has 0 radical (unpaired) electrons. The molecule has 0 amide bonds. The molecule has 0 heterocycles. The zero-order chi connectivity index (χ0) is 14.4. The molecule has 0 bridgehead atoms. The molecule has 2 atom stereocenters. The first-order valence-electron chi connectivity index (χ1n) is 5.53. The molecular weight excluding hydrogens is 250 g/mol. The summed E-state index contributed by atoms with van der Waals surface area (Å²) < 4.78 is 10.1. The summed E-state index contributed by atoms with van der Waals surface area (Å²) in [6, 6.07) is 4.59. The number of nitrogens with zero attached hydrogens (tertiary/aromatic N) is 1. The fourth-order valence-electron chi connectivity index (χ4n) is 1.68. The highest BCUT2D eigenvalue weighted by Gasteiger charge is 2.23. The highest BCUT2D eigenvalue weighted by atomic mass is 16.5. The van der Waals surface area contributed by atoms with Crippen LogP contribution in [0.5, 0.6) is 11.5 Å². The summed E-state index contributed by atoms with van der Waals surface area (Å²) in [5, 5.41) is 28.2. The van der Waals surface area contributed by atoms with Gasteiger partial charge in [0.1, 0.15) is 17.6 Å². The molecule has 19 heavy (non-hydrogen) atoms. The van der Waals surface area contributed by atoms with E-state index >= 15 is 0 Å². The number of aliphatic hydroxyl groups excluding tert-OH is 2. The van der Waals surface area contributed by atoms with E-state index in [-0.39, 0.29) is 29.0 Å². The van der Waals surface area contributed by atoms with Crippen LogP contribution < -0.4 is 9.47 Å². The average Bonchev–Trinajstić information content (AvgIpc) is 2.45. The number of hydrogen-bond acceptors (Lipinski definition) is 6. The van der Waals surface area contributed by atoms with Crippen molar-refractivity contribution in [3.63, 3.8) is 0 Å². The Morgan fingerprint density at radius 2 is 1.95 bits per heavy atom. The molecule has 0 saturated heterocycles. The summed E-state index contributed by atoms with van der Waals surface area (Å²) in [6.07, 6.45) is -2.17. The summed E-state index contributed by atoms with van der Waals surface area (Å²) in [6.45, 7) is 0. The summed E-state index contributed by atoms with van der Waals surface area (Å²) in [5.74, 6) is 0.501. The van der Waals surface area contributed by atoms with E-state index in [1.165, 1.54) is 26.4 Å². The maximum Gasteiger partial charge on any atom is 0.153 e. The third-order valence-corrected chi connectivity index (χ3v) is 2.69. The number of carbonyl (C=O) groups is 1. The summed E-state index contributed by atoms with van der Waals surface area (Å²) >= 11 is 0.